The topological polar surface area (TPSA) is 114 Å². The molecule has 10 heteroatoms. The van der Waals surface area contributed by atoms with Gasteiger partial charge in [0.05, 0.1) is 18.0 Å². The first-order valence-corrected chi connectivity index (χ1v) is 10.8. The van der Waals surface area contributed by atoms with E-state index in [9.17, 15) is 4.79 Å². The third-order valence-electron chi connectivity index (χ3n) is 4.53. The number of nitrogens with two attached hydrogens (primary N) is 1. The van der Waals surface area contributed by atoms with Crippen molar-refractivity contribution in [2.75, 3.05) is 30.0 Å². The Bertz CT molecular complexity index is 1110. The van der Waals surface area contributed by atoms with E-state index >= 15 is 0 Å². The Labute approximate surface area is 188 Å². The number of benzene rings is 2. The molecule has 3 aromatic rings. The summed E-state index contributed by atoms with van der Waals surface area (Å²) in [6.07, 6.45) is 0.644. The maximum atomic E-state index is 12.6. The quantitative estimate of drug-likeness (QED) is 0.281. The molecule has 0 aliphatic carbocycles. The summed E-state index contributed by atoms with van der Waals surface area (Å²) < 4.78 is 11.5. The van der Waals surface area contributed by atoms with Crippen molar-refractivity contribution < 1.29 is 14.3 Å². The summed E-state index contributed by atoms with van der Waals surface area (Å²) in [5, 5.41) is 12.8. The number of para-hydroxylation sites is 1. The number of hydrogen-bond donors (Lipinski definition) is 3. The Morgan fingerprint density at radius 1 is 1.35 bits per heavy atom. The lowest BCUT2D eigenvalue weighted by molar-refractivity contribution is -0.121. The molecule has 0 fully saturated rings. The summed E-state index contributed by atoms with van der Waals surface area (Å²) in [5.74, 6) is 1.00. The van der Waals surface area contributed by atoms with Gasteiger partial charge in [-0.3, -0.25) is 10.2 Å². The molecule has 0 atom stereocenters. The first kappa shape index (κ1) is 21.0. The van der Waals surface area contributed by atoms with Crippen LogP contribution >= 0.6 is 22.9 Å². The number of guanidine groups is 1. The number of amides is 1. The number of thiazole rings is 1. The minimum atomic E-state index is -0.195. The Balaban J connectivity index is 1.54. The molecule has 1 amide bonds. The molecule has 0 radical (unpaired) electrons. The standard InChI is InChI=1S/C21H20ClN5O3S/c22-13-9-15(16-12-31-21(25-16)26-20(23)24)19-17(10-13)27(18(28)11-30-19)7-4-8-29-14-5-2-1-3-6-14/h1-3,5-6,9-10,12H,4,7-8,11H2,(H4,23,24,25,26). The fourth-order valence-corrected chi connectivity index (χ4v) is 4.15. The molecule has 0 bridgehead atoms. The summed E-state index contributed by atoms with van der Waals surface area (Å²) in [4.78, 5) is 18.7. The first-order chi connectivity index (χ1) is 15.0. The summed E-state index contributed by atoms with van der Waals surface area (Å²) in [6, 6.07) is 13.0. The molecular formula is C21H20ClN5O3S. The van der Waals surface area contributed by atoms with E-state index in [0.29, 0.717) is 52.4 Å². The van der Waals surface area contributed by atoms with Crippen molar-refractivity contribution in [2.24, 2.45) is 5.73 Å². The van der Waals surface area contributed by atoms with E-state index in [4.69, 9.17) is 32.2 Å². The van der Waals surface area contributed by atoms with Crippen LogP contribution in [-0.2, 0) is 4.79 Å². The predicted octanol–water partition coefficient (Wildman–Crippen LogP) is 3.96. The third-order valence-corrected chi connectivity index (χ3v) is 5.50. The van der Waals surface area contributed by atoms with Crippen LogP contribution < -0.4 is 25.4 Å². The zero-order valence-corrected chi connectivity index (χ0v) is 18.0. The number of nitrogens with one attached hydrogen (secondary N) is 2. The van der Waals surface area contributed by atoms with Crippen LogP contribution in [0.15, 0.2) is 47.8 Å². The third kappa shape index (κ3) is 4.89. The Morgan fingerprint density at radius 3 is 2.94 bits per heavy atom. The number of halogens is 1. The van der Waals surface area contributed by atoms with Crippen molar-refractivity contribution in [3.05, 3.63) is 52.9 Å². The number of fused-ring (bicyclic) bond motifs is 1. The number of ether oxygens (including phenoxy) is 2. The second kappa shape index (κ2) is 9.23. The van der Waals surface area contributed by atoms with Crippen molar-refractivity contribution >= 4 is 45.6 Å². The lowest BCUT2D eigenvalue weighted by Gasteiger charge is -2.30. The number of hydrogen-bond acceptors (Lipinski definition) is 6. The van der Waals surface area contributed by atoms with Crippen molar-refractivity contribution in [1.82, 2.24) is 4.98 Å². The molecule has 0 spiro atoms. The van der Waals surface area contributed by atoms with Gasteiger partial charge in [0, 0.05) is 22.5 Å². The molecule has 1 aliphatic rings. The molecule has 2 heterocycles. The Kier molecular flexibility index (Phi) is 6.24. The lowest BCUT2D eigenvalue weighted by atomic mass is 10.1. The molecule has 160 valence electrons. The van der Waals surface area contributed by atoms with E-state index in [1.807, 2.05) is 35.7 Å². The van der Waals surface area contributed by atoms with Gasteiger partial charge in [-0.05, 0) is 30.7 Å². The number of nitrogens with zero attached hydrogens (tertiary/aromatic N) is 2. The second-order valence-corrected chi connectivity index (χ2v) is 8.02. The monoisotopic (exact) mass is 457 g/mol. The van der Waals surface area contributed by atoms with E-state index in [1.54, 1.807) is 17.0 Å². The minimum absolute atomic E-state index is 0.0656. The molecular weight excluding hydrogens is 438 g/mol. The average molecular weight is 458 g/mol. The molecule has 1 aromatic heterocycles. The fourth-order valence-electron chi connectivity index (χ4n) is 3.21. The van der Waals surface area contributed by atoms with Gasteiger partial charge in [0.25, 0.3) is 5.91 Å². The molecule has 8 nitrogen and oxygen atoms in total. The SMILES string of the molecule is N=C(N)Nc1nc(-c2cc(Cl)cc3c2OCC(=O)N3CCCOc2ccccc2)cs1. The zero-order valence-electron chi connectivity index (χ0n) is 16.4. The minimum Gasteiger partial charge on any atom is -0.494 e. The van der Waals surface area contributed by atoms with Gasteiger partial charge < -0.3 is 25.4 Å². The van der Waals surface area contributed by atoms with Gasteiger partial charge in [-0.1, -0.05) is 29.8 Å². The molecule has 4 N–H and O–H groups in total. The maximum absolute atomic E-state index is 12.6. The number of carbonyl (C=O) groups excluding carboxylic acids is 1. The van der Waals surface area contributed by atoms with E-state index < -0.39 is 0 Å². The predicted molar refractivity (Wildman–Crippen MR) is 122 cm³/mol. The number of carbonyl (C=O) groups is 1. The Morgan fingerprint density at radius 2 is 2.16 bits per heavy atom. The molecule has 4 rings (SSSR count). The highest BCUT2D eigenvalue weighted by molar-refractivity contribution is 7.14. The van der Waals surface area contributed by atoms with E-state index in [1.165, 1.54) is 11.3 Å². The number of rotatable bonds is 7. The Hall–Kier alpha value is -3.30. The summed E-state index contributed by atoms with van der Waals surface area (Å²) in [7, 11) is 0. The van der Waals surface area contributed by atoms with Gasteiger partial charge >= 0.3 is 0 Å². The van der Waals surface area contributed by atoms with Crippen molar-refractivity contribution in [1.29, 1.82) is 5.41 Å². The van der Waals surface area contributed by atoms with Crippen LogP contribution in [0.5, 0.6) is 11.5 Å². The number of aromatic nitrogens is 1. The lowest BCUT2D eigenvalue weighted by Crippen LogP contribution is -2.40. The van der Waals surface area contributed by atoms with Gasteiger partial charge in [0.2, 0.25) is 0 Å². The van der Waals surface area contributed by atoms with Gasteiger partial charge in [-0.2, -0.15) is 0 Å². The van der Waals surface area contributed by atoms with Gasteiger partial charge in [0.15, 0.2) is 23.4 Å². The summed E-state index contributed by atoms with van der Waals surface area (Å²) in [5.41, 5.74) is 7.27. The van der Waals surface area contributed by atoms with Crippen molar-refractivity contribution in [2.45, 2.75) is 6.42 Å². The molecule has 2 aromatic carbocycles. The van der Waals surface area contributed by atoms with Gasteiger partial charge in [0.1, 0.15) is 5.75 Å². The van der Waals surface area contributed by atoms with E-state index in [2.05, 4.69) is 10.3 Å². The second-order valence-electron chi connectivity index (χ2n) is 6.73. The van der Waals surface area contributed by atoms with Crippen LogP contribution in [0.3, 0.4) is 0 Å². The van der Waals surface area contributed by atoms with E-state index in [-0.39, 0.29) is 18.5 Å². The van der Waals surface area contributed by atoms with Crippen LogP contribution in [-0.4, -0.2) is 36.6 Å². The largest absolute Gasteiger partial charge is 0.494 e. The smallest absolute Gasteiger partial charge is 0.265 e. The van der Waals surface area contributed by atoms with Gasteiger partial charge in [-0.15, -0.1) is 11.3 Å². The molecule has 31 heavy (non-hydrogen) atoms. The maximum Gasteiger partial charge on any atom is 0.265 e. The fraction of sp³-hybridized carbons (Fsp3) is 0.190. The molecule has 0 unspecified atom stereocenters. The summed E-state index contributed by atoms with van der Waals surface area (Å²) in [6.45, 7) is 0.878. The van der Waals surface area contributed by atoms with Crippen LogP contribution in [0.1, 0.15) is 6.42 Å². The van der Waals surface area contributed by atoms with Crippen molar-refractivity contribution in [3.63, 3.8) is 0 Å². The van der Waals surface area contributed by atoms with Crippen LogP contribution in [0.2, 0.25) is 5.02 Å². The average Bonchev–Trinajstić information content (AvgIpc) is 3.20. The van der Waals surface area contributed by atoms with Crippen LogP contribution in [0.25, 0.3) is 11.3 Å². The number of anilines is 2. The molecule has 1 aliphatic heterocycles. The van der Waals surface area contributed by atoms with Gasteiger partial charge in [-0.25, -0.2) is 4.98 Å². The molecule has 0 saturated heterocycles. The first-order valence-electron chi connectivity index (χ1n) is 9.53. The highest BCUT2D eigenvalue weighted by Gasteiger charge is 2.29. The van der Waals surface area contributed by atoms with Crippen LogP contribution in [0.4, 0.5) is 10.8 Å². The highest BCUT2D eigenvalue weighted by atomic mass is 35.5. The highest BCUT2D eigenvalue weighted by Crippen LogP contribution is 2.43. The molecule has 0 saturated carbocycles. The summed E-state index contributed by atoms with van der Waals surface area (Å²) >= 11 is 7.67. The normalized spacial score (nSPS) is 12.8. The van der Waals surface area contributed by atoms with Crippen molar-refractivity contribution in [3.8, 4) is 22.8 Å². The zero-order chi connectivity index (χ0) is 21.8. The van der Waals surface area contributed by atoms with Crippen LogP contribution in [0, 0.1) is 5.41 Å². The van der Waals surface area contributed by atoms with E-state index in [0.717, 1.165) is 5.75 Å².